The van der Waals surface area contributed by atoms with Gasteiger partial charge < -0.3 is 9.47 Å². The van der Waals surface area contributed by atoms with Gasteiger partial charge >= 0.3 is 5.97 Å². The first-order chi connectivity index (χ1) is 13.8. The van der Waals surface area contributed by atoms with Gasteiger partial charge in [-0.3, -0.25) is 4.79 Å². The van der Waals surface area contributed by atoms with Gasteiger partial charge in [0.1, 0.15) is 18.1 Å². The molecular weight excluding hydrogens is 416 g/mol. The molecule has 0 saturated carbocycles. The molecule has 0 amide bonds. The van der Waals surface area contributed by atoms with Crippen molar-refractivity contribution in [3.05, 3.63) is 70.4 Å². The minimum atomic E-state index is -3.61. The lowest BCUT2D eigenvalue weighted by Gasteiger charge is -2.16. The molecule has 0 aliphatic heterocycles. The Morgan fingerprint density at radius 2 is 1.83 bits per heavy atom. The van der Waals surface area contributed by atoms with E-state index < -0.39 is 15.8 Å². The normalized spacial score (nSPS) is 14.3. The average molecular weight is 435 g/mol. The third kappa shape index (κ3) is 5.25. The van der Waals surface area contributed by atoms with Crippen LogP contribution in [-0.4, -0.2) is 26.4 Å². The van der Waals surface area contributed by atoms with E-state index in [1.807, 2.05) is 6.07 Å². The van der Waals surface area contributed by atoms with Gasteiger partial charge in [0.2, 0.25) is 0 Å². The zero-order valence-electron chi connectivity index (χ0n) is 15.7. The van der Waals surface area contributed by atoms with Crippen LogP contribution in [0.3, 0.4) is 0 Å². The number of hydrogen-bond donors (Lipinski definition) is 0. The highest BCUT2D eigenvalue weighted by Crippen LogP contribution is 2.31. The second-order valence-corrected chi connectivity index (χ2v) is 8.96. The monoisotopic (exact) mass is 434 g/mol. The van der Waals surface area contributed by atoms with E-state index in [2.05, 4.69) is 0 Å². The first-order valence-corrected chi connectivity index (χ1v) is 11.2. The van der Waals surface area contributed by atoms with Crippen LogP contribution < -0.4 is 4.74 Å². The molecular formula is C21H19ClO6S. The molecule has 1 aliphatic carbocycles. The van der Waals surface area contributed by atoms with Crippen molar-refractivity contribution in [2.24, 2.45) is 0 Å². The van der Waals surface area contributed by atoms with E-state index in [9.17, 15) is 18.0 Å². The summed E-state index contributed by atoms with van der Waals surface area (Å²) in [4.78, 5) is 24.1. The second kappa shape index (κ2) is 8.80. The fourth-order valence-corrected chi connectivity index (χ4v) is 4.21. The Morgan fingerprint density at radius 1 is 1.10 bits per heavy atom. The lowest BCUT2D eigenvalue weighted by atomic mass is 10.1. The van der Waals surface area contributed by atoms with E-state index >= 15 is 0 Å². The zero-order chi connectivity index (χ0) is 21.0. The Morgan fingerprint density at radius 3 is 2.48 bits per heavy atom. The minimum absolute atomic E-state index is 0.00431. The van der Waals surface area contributed by atoms with E-state index in [1.54, 1.807) is 24.3 Å². The molecule has 2 aromatic carbocycles. The number of hydrogen-bond acceptors (Lipinski definition) is 6. The van der Waals surface area contributed by atoms with Gasteiger partial charge in [0, 0.05) is 30.7 Å². The molecule has 0 radical (unpaired) electrons. The molecule has 0 saturated heterocycles. The third-order valence-electron chi connectivity index (χ3n) is 4.34. The summed E-state index contributed by atoms with van der Waals surface area (Å²) >= 11 is 6.40. The number of allylic oxidation sites excluding steroid dienone is 2. The molecule has 0 aromatic heterocycles. The van der Waals surface area contributed by atoms with Crippen LogP contribution >= 0.6 is 11.6 Å². The summed E-state index contributed by atoms with van der Waals surface area (Å²) < 4.78 is 35.3. The van der Waals surface area contributed by atoms with Crippen LogP contribution in [0.4, 0.5) is 0 Å². The Labute approximate surface area is 174 Å². The van der Waals surface area contributed by atoms with Crippen molar-refractivity contribution in [2.45, 2.75) is 30.8 Å². The topological polar surface area (TPSA) is 86.7 Å². The maximum absolute atomic E-state index is 12.6. The number of carbonyl (C=O) groups excluding carboxylic acids is 2. The van der Waals surface area contributed by atoms with Gasteiger partial charge in [-0.15, -0.1) is 0 Å². The van der Waals surface area contributed by atoms with E-state index in [1.165, 1.54) is 18.2 Å². The van der Waals surface area contributed by atoms with Crippen LogP contribution in [0.2, 0.25) is 5.02 Å². The van der Waals surface area contributed by atoms with Crippen molar-refractivity contribution in [3.8, 4) is 5.75 Å². The zero-order valence-corrected chi connectivity index (χ0v) is 17.3. The number of ether oxygens (including phenoxy) is 2. The Balaban J connectivity index is 1.92. The predicted molar refractivity (Wildman–Crippen MR) is 108 cm³/mol. The summed E-state index contributed by atoms with van der Waals surface area (Å²) in [6.45, 7) is -0.145. The number of halogens is 1. The maximum Gasteiger partial charge on any atom is 0.344 e. The summed E-state index contributed by atoms with van der Waals surface area (Å²) in [5.74, 6) is -0.0510. The summed E-state index contributed by atoms with van der Waals surface area (Å²) in [5, 5.41) is -0.0587. The largest absolute Gasteiger partial charge is 0.489 e. The maximum atomic E-state index is 12.6. The van der Waals surface area contributed by atoms with Gasteiger partial charge in [-0.25, -0.2) is 13.2 Å². The fourth-order valence-electron chi connectivity index (χ4n) is 2.93. The van der Waals surface area contributed by atoms with Gasteiger partial charge in [0.05, 0.1) is 15.5 Å². The van der Waals surface area contributed by atoms with Crippen LogP contribution in [0.15, 0.2) is 59.2 Å². The van der Waals surface area contributed by atoms with Crippen molar-refractivity contribution in [1.29, 1.82) is 0 Å². The Hall–Kier alpha value is -2.64. The number of ketones is 1. The van der Waals surface area contributed by atoms with Crippen molar-refractivity contribution in [1.82, 2.24) is 0 Å². The molecule has 29 heavy (non-hydrogen) atoms. The molecule has 0 heterocycles. The molecule has 0 spiro atoms. The van der Waals surface area contributed by atoms with E-state index in [0.717, 1.165) is 6.26 Å². The SMILES string of the molecule is CS(=O)(=O)c1ccc(C(=O)OC2=CC(=O)CCC2)c(Cl)c1COc1ccccc1. The van der Waals surface area contributed by atoms with Crippen molar-refractivity contribution < 1.29 is 27.5 Å². The Bertz CT molecular complexity index is 1070. The highest BCUT2D eigenvalue weighted by Gasteiger charge is 2.24. The molecule has 0 atom stereocenters. The van der Waals surface area contributed by atoms with Gasteiger partial charge in [0.15, 0.2) is 15.6 Å². The molecule has 6 nitrogen and oxygen atoms in total. The predicted octanol–water partition coefficient (Wildman–Crippen LogP) is 4.12. The third-order valence-corrected chi connectivity index (χ3v) is 5.95. The highest BCUT2D eigenvalue weighted by molar-refractivity contribution is 7.90. The molecule has 8 heteroatoms. The fraction of sp³-hybridized carbons (Fsp3) is 0.238. The quantitative estimate of drug-likeness (QED) is 0.635. The number of benzene rings is 2. The summed E-state index contributed by atoms with van der Waals surface area (Å²) in [6, 6.07) is 11.4. The van der Waals surface area contributed by atoms with Gasteiger partial charge in [-0.2, -0.15) is 0 Å². The molecule has 152 valence electrons. The minimum Gasteiger partial charge on any atom is -0.489 e. The standard InChI is InChI=1S/C21H19ClO6S/c1-29(25,26)19-11-10-17(21(24)28-16-9-5-6-14(23)12-16)20(22)18(19)13-27-15-7-3-2-4-8-15/h2-4,7-8,10-12H,5-6,9,13H2,1H3. The Kier molecular flexibility index (Phi) is 6.39. The van der Waals surface area contributed by atoms with Crippen LogP contribution in [0.1, 0.15) is 35.2 Å². The smallest absolute Gasteiger partial charge is 0.344 e. The summed E-state index contributed by atoms with van der Waals surface area (Å²) in [5.41, 5.74) is 0.172. The van der Waals surface area contributed by atoms with Crippen LogP contribution in [-0.2, 0) is 26.0 Å². The van der Waals surface area contributed by atoms with E-state index in [-0.39, 0.29) is 39.2 Å². The molecule has 3 rings (SSSR count). The van der Waals surface area contributed by atoms with E-state index in [0.29, 0.717) is 25.0 Å². The summed E-state index contributed by atoms with van der Waals surface area (Å²) in [6.07, 6.45) is 3.86. The number of rotatable bonds is 6. The van der Waals surface area contributed by atoms with Crippen molar-refractivity contribution in [2.75, 3.05) is 6.26 Å². The van der Waals surface area contributed by atoms with Gasteiger partial charge in [-0.1, -0.05) is 29.8 Å². The van der Waals surface area contributed by atoms with Crippen LogP contribution in [0, 0.1) is 0 Å². The first kappa shape index (κ1) is 21.1. The molecule has 2 aromatic rings. The summed E-state index contributed by atoms with van der Waals surface area (Å²) in [7, 11) is -3.61. The van der Waals surface area contributed by atoms with Crippen molar-refractivity contribution >= 4 is 33.2 Å². The average Bonchev–Trinajstić information content (AvgIpc) is 2.66. The lowest BCUT2D eigenvalue weighted by molar-refractivity contribution is -0.115. The molecule has 0 fully saturated rings. The first-order valence-electron chi connectivity index (χ1n) is 8.90. The molecule has 0 unspecified atom stereocenters. The number of sulfone groups is 1. The highest BCUT2D eigenvalue weighted by atomic mass is 35.5. The van der Waals surface area contributed by atoms with Crippen LogP contribution in [0.25, 0.3) is 0 Å². The molecule has 0 bridgehead atoms. The van der Waals surface area contributed by atoms with Gasteiger partial charge in [-0.05, 0) is 30.7 Å². The molecule has 1 aliphatic rings. The molecule has 0 N–H and O–H groups in total. The number of carbonyl (C=O) groups is 2. The van der Waals surface area contributed by atoms with Gasteiger partial charge in [0.25, 0.3) is 0 Å². The lowest BCUT2D eigenvalue weighted by Crippen LogP contribution is -2.13. The van der Waals surface area contributed by atoms with Crippen LogP contribution in [0.5, 0.6) is 5.75 Å². The number of esters is 1. The van der Waals surface area contributed by atoms with E-state index in [4.69, 9.17) is 21.1 Å². The van der Waals surface area contributed by atoms with Crippen molar-refractivity contribution in [3.63, 3.8) is 0 Å². The number of para-hydroxylation sites is 1. The second-order valence-electron chi connectivity index (χ2n) is 6.60.